The van der Waals surface area contributed by atoms with Crippen molar-refractivity contribution in [2.75, 3.05) is 11.0 Å². The van der Waals surface area contributed by atoms with E-state index in [0.29, 0.717) is 17.0 Å². The van der Waals surface area contributed by atoms with Crippen LogP contribution in [0.25, 0.3) is 0 Å². The summed E-state index contributed by atoms with van der Waals surface area (Å²) < 4.78 is 24.7. The Hall–Kier alpha value is -2.19. The standard InChI is InChI=1S/C15H17N3O3S2/c1-10-8-13(9-22-10)15(19)17-16-11(2)12-4-6-14(7-5-12)18-23(3,20)21/h4-9,18H,1-3H3,(H,17,19). The molecular formula is C15H17N3O3S2. The molecule has 122 valence electrons. The van der Waals surface area contributed by atoms with E-state index in [1.54, 1.807) is 42.6 Å². The van der Waals surface area contributed by atoms with Gasteiger partial charge in [-0.3, -0.25) is 9.52 Å². The molecule has 1 aromatic carbocycles. The second kappa shape index (κ2) is 6.93. The van der Waals surface area contributed by atoms with Gasteiger partial charge in [0.1, 0.15) is 0 Å². The van der Waals surface area contributed by atoms with E-state index in [9.17, 15) is 13.2 Å². The number of thiophene rings is 1. The first-order chi connectivity index (χ1) is 10.7. The number of anilines is 1. The highest BCUT2D eigenvalue weighted by Gasteiger charge is 2.07. The number of sulfonamides is 1. The highest BCUT2D eigenvalue weighted by molar-refractivity contribution is 7.92. The van der Waals surface area contributed by atoms with Gasteiger partial charge in [-0.2, -0.15) is 5.10 Å². The van der Waals surface area contributed by atoms with Crippen LogP contribution in [-0.4, -0.2) is 26.3 Å². The normalized spacial score (nSPS) is 12.0. The fourth-order valence-electron chi connectivity index (χ4n) is 1.82. The number of nitrogens with zero attached hydrogens (tertiary/aromatic N) is 1. The minimum Gasteiger partial charge on any atom is -0.284 e. The van der Waals surface area contributed by atoms with Gasteiger partial charge in [-0.25, -0.2) is 13.8 Å². The number of carbonyl (C=O) groups excluding carboxylic acids is 1. The Morgan fingerprint density at radius 1 is 1.17 bits per heavy atom. The average molecular weight is 351 g/mol. The molecule has 0 fully saturated rings. The zero-order chi connectivity index (χ0) is 17.0. The molecule has 2 N–H and O–H groups in total. The van der Waals surface area contributed by atoms with Gasteiger partial charge in [0, 0.05) is 15.9 Å². The number of hydrogen-bond donors (Lipinski definition) is 2. The first kappa shape index (κ1) is 17.2. The molecule has 0 aliphatic heterocycles. The van der Waals surface area contributed by atoms with Crippen LogP contribution in [0.1, 0.15) is 27.7 Å². The van der Waals surface area contributed by atoms with Crippen molar-refractivity contribution >= 4 is 38.7 Å². The number of amides is 1. The van der Waals surface area contributed by atoms with Crippen molar-refractivity contribution in [3.63, 3.8) is 0 Å². The quantitative estimate of drug-likeness (QED) is 0.641. The maximum atomic E-state index is 11.9. The van der Waals surface area contributed by atoms with E-state index < -0.39 is 10.0 Å². The van der Waals surface area contributed by atoms with Crippen LogP contribution in [0.3, 0.4) is 0 Å². The maximum absolute atomic E-state index is 11.9. The highest BCUT2D eigenvalue weighted by Crippen LogP contribution is 2.13. The van der Waals surface area contributed by atoms with E-state index in [-0.39, 0.29) is 5.91 Å². The van der Waals surface area contributed by atoms with Gasteiger partial charge in [-0.1, -0.05) is 12.1 Å². The van der Waals surface area contributed by atoms with E-state index in [4.69, 9.17) is 0 Å². The Morgan fingerprint density at radius 2 is 1.83 bits per heavy atom. The summed E-state index contributed by atoms with van der Waals surface area (Å²) in [7, 11) is -3.30. The monoisotopic (exact) mass is 351 g/mol. The summed E-state index contributed by atoms with van der Waals surface area (Å²) in [5.74, 6) is -0.260. The molecule has 0 unspecified atom stereocenters. The zero-order valence-electron chi connectivity index (χ0n) is 13.0. The van der Waals surface area contributed by atoms with Crippen LogP contribution in [0.4, 0.5) is 5.69 Å². The summed E-state index contributed by atoms with van der Waals surface area (Å²) in [6.07, 6.45) is 1.09. The number of aryl methyl sites for hydroxylation is 1. The lowest BCUT2D eigenvalue weighted by Gasteiger charge is -2.06. The molecule has 1 heterocycles. The molecule has 0 atom stereocenters. The molecule has 2 aromatic rings. The smallest absolute Gasteiger partial charge is 0.272 e. The van der Waals surface area contributed by atoms with Crippen LogP contribution >= 0.6 is 11.3 Å². The first-order valence-corrected chi connectivity index (χ1v) is 9.50. The van der Waals surface area contributed by atoms with Crippen molar-refractivity contribution in [1.29, 1.82) is 0 Å². The number of nitrogens with one attached hydrogen (secondary N) is 2. The maximum Gasteiger partial charge on any atom is 0.272 e. The summed E-state index contributed by atoms with van der Waals surface area (Å²) >= 11 is 1.50. The van der Waals surface area contributed by atoms with Gasteiger partial charge in [0.2, 0.25) is 10.0 Å². The van der Waals surface area contributed by atoms with Crippen molar-refractivity contribution in [1.82, 2.24) is 5.43 Å². The third-order valence-electron chi connectivity index (χ3n) is 2.92. The molecule has 0 radical (unpaired) electrons. The van der Waals surface area contributed by atoms with Gasteiger partial charge in [0.15, 0.2) is 0 Å². The second-order valence-electron chi connectivity index (χ2n) is 5.04. The van der Waals surface area contributed by atoms with Crippen LogP contribution in [0.5, 0.6) is 0 Å². The molecule has 23 heavy (non-hydrogen) atoms. The second-order valence-corrected chi connectivity index (χ2v) is 7.90. The number of carbonyl (C=O) groups is 1. The first-order valence-electron chi connectivity index (χ1n) is 6.72. The van der Waals surface area contributed by atoms with Gasteiger partial charge in [-0.15, -0.1) is 11.3 Å². The van der Waals surface area contributed by atoms with Crippen LogP contribution in [0, 0.1) is 6.92 Å². The molecule has 0 spiro atoms. The lowest BCUT2D eigenvalue weighted by Crippen LogP contribution is -2.18. The van der Waals surface area contributed by atoms with Gasteiger partial charge in [0.25, 0.3) is 5.91 Å². The molecule has 0 saturated carbocycles. The van der Waals surface area contributed by atoms with Crippen molar-refractivity contribution in [3.8, 4) is 0 Å². The molecule has 6 nitrogen and oxygen atoms in total. The highest BCUT2D eigenvalue weighted by atomic mass is 32.2. The molecule has 0 bridgehead atoms. The van der Waals surface area contributed by atoms with E-state index in [1.165, 1.54) is 11.3 Å². The van der Waals surface area contributed by atoms with Crippen molar-refractivity contribution in [3.05, 3.63) is 51.7 Å². The Bertz CT molecular complexity index is 837. The molecule has 0 aliphatic carbocycles. The van der Waals surface area contributed by atoms with Crippen LogP contribution < -0.4 is 10.1 Å². The van der Waals surface area contributed by atoms with E-state index in [0.717, 1.165) is 16.7 Å². The number of hydrogen-bond acceptors (Lipinski definition) is 5. The number of hydrazone groups is 1. The zero-order valence-corrected chi connectivity index (χ0v) is 14.6. The average Bonchev–Trinajstić information content (AvgIpc) is 2.90. The number of rotatable bonds is 5. The van der Waals surface area contributed by atoms with Gasteiger partial charge >= 0.3 is 0 Å². The van der Waals surface area contributed by atoms with Crippen molar-refractivity contribution in [2.24, 2.45) is 5.10 Å². The number of benzene rings is 1. The Morgan fingerprint density at radius 3 is 2.35 bits per heavy atom. The SMILES string of the molecule is CC(=NNC(=O)c1csc(C)c1)c1ccc(NS(C)(=O)=O)cc1. The van der Waals surface area contributed by atoms with Gasteiger partial charge < -0.3 is 0 Å². The van der Waals surface area contributed by atoms with E-state index >= 15 is 0 Å². The predicted octanol–water partition coefficient (Wildman–Crippen LogP) is 2.58. The third-order valence-corrected chi connectivity index (χ3v) is 4.39. The summed E-state index contributed by atoms with van der Waals surface area (Å²) in [4.78, 5) is 13.0. The molecular weight excluding hydrogens is 334 g/mol. The van der Waals surface area contributed by atoms with Crippen molar-refractivity contribution < 1.29 is 13.2 Å². The molecule has 8 heteroatoms. The molecule has 1 aromatic heterocycles. The molecule has 0 saturated heterocycles. The van der Waals surface area contributed by atoms with E-state index in [1.807, 2.05) is 6.92 Å². The van der Waals surface area contributed by atoms with Crippen LogP contribution in [-0.2, 0) is 10.0 Å². The summed E-state index contributed by atoms with van der Waals surface area (Å²) in [5.41, 5.74) is 4.97. The van der Waals surface area contributed by atoms with Crippen molar-refractivity contribution in [2.45, 2.75) is 13.8 Å². The van der Waals surface area contributed by atoms with Gasteiger partial charge in [0.05, 0.1) is 17.5 Å². The van der Waals surface area contributed by atoms with Crippen LogP contribution in [0.2, 0.25) is 0 Å². The fraction of sp³-hybridized carbons (Fsp3) is 0.200. The lowest BCUT2D eigenvalue weighted by atomic mass is 10.1. The Labute approximate surface area is 139 Å². The van der Waals surface area contributed by atoms with Crippen LogP contribution in [0.15, 0.2) is 40.8 Å². The summed E-state index contributed by atoms with van der Waals surface area (Å²) in [5, 5.41) is 5.85. The Balaban J connectivity index is 2.04. The topological polar surface area (TPSA) is 87.6 Å². The third kappa shape index (κ3) is 5.19. The predicted molar refractivity (Wildman–Crippen MR) is 93.6 cm³/mol. The van der Waals surface area contributed by atoms with Gasteiger partial charge in [-0.05, 0) is 37.6 Å². The largest absolute Gasteiger partial charge is 0.284 e. The fourth-order valence-corrected chi connectivity index (χ4v) is 3.07. The Kier molecular flexibility index (Phi) is 5.17. The molecule has 1 amide bonds. The summed E-state index contributed by atoms with van der Waals surface area (Å²) in [6, 6.07) is 8.54. The van der Waals surface area contributed by atoms with E-state index in [2.05, 4.69) is 15.2 Å². The lowest BCUT2D eigenvalue weighted by molar-refractivity contribution is 0.0955. The molecule has 0 aliphatic rings. The minimum atomic E-state index is -3.30. The molecule has 2 rings (SSSR count). The minimum absolute atomic E-state index is 0.260. The summed E-state index contributed by atoms with van der Waals surface area (Å²) in [6.45, 7) is 3.69.